The van der Waals surface area contributed by atoms with E-state index in [1.165, 1.54) is 11.6 Å². The number of carbonyl (C=O) groups is 1. The summed E-state index contributed by atoms with van der Waals surface area (Å²) in [5.41, 5.74) is -0.331. The van der Waals surface area contributed by atoms with Crippen molar-refractivity contribution in [3.8, 4) is 5.75 Å². The smallest absolute Gasteiger partial charge is 0.329 e. The van der Waals surface area contributed by atoms with Crippen LogP contribution in [0.4, 0.5) is 5.95 Å². The van der Waals surface area contributed by atoms with Gasteiger partial charge in [-0.15, -0.1) is 0 Å². The molecule has 4 N–H and O–H groups in total. The highest BCUT2D eigenvalue weighted by Gasteiger charge is 2.20. The Balaban J connectivity index is 1.91. The van der Waals surface area contributed by atoms with Crippen molar-refractivity contribution in [2.45, 2.75) is 19.6 Å². The monoisotopic (exact) mass is 403 g/mol. The molecule has 3 rings (SSSR count). The molecule has 0 amide bonds. The largest absolute Gasteiger partial charge is 0.491 e. The van der Waals surface area contributed by atoms with Crippen LogP contribution in [0.25, 0.3) is 11.2 Å². The van der Waals surface area contributed by atoms with E-state index in [1.807, 2.05) is 25.1 Å². The molecule has 0 fully saturated rings. The van der Waals surface area contributed by atoms with Gasteiger partial charge in [0.25, 0.3) is 5.56 Å². The SMILES string of the molecule is Cc1ccccc1OC[C@@H](O)Cn1c(NCC(=O)O)nc2c1c(=O)[nH]c(=O)n2C. The van der Waals surface area contributed by atoms with Crippen LogP contribution in [0.3, 0.4) is 0 Å². The molecule has 2 heterocycles. The first-order valence-corrected chi connectivity index (χ1v) is 8.79. The van der Waals surface area contributed by atoms with E-state index in [0.717, 1.165) is 10.1 Å². The minimum atomic E-state index is -1.13. The number of rotatable bonds is 8. The lowest BCUT2D eigenvalue weighted by Gasteiger charge is -2.16. The van der Waals surface area contributed by atoms with Gasteiger partial charge in [-0.05, 0) is 18.6 Å². The summed E-state index contributed by atoms with van der Waals surface area (Å²) in [5.74, 6) is -0.467. The lowest BCUT2D eigenvalue weighted by Crippen LogP contribution is -2.31. The van der Waals surface area contributed by atoms with Crippen LogP contribution in [0.2, 0.25) is 0 Å². The summed E-state index contributed by atoms with van der Waals surface area (Å²) in [5, 5.41) is 22.0. The number of ether oxygens (including phenoxy) is 1. The summed E-state index contributed by atoms with van der Waals surface area (Å²) in [6.45, 7) is 1.25. The number of aliphatic carboxylic acids is 1. The molecule has 0 aliphatic heterocycles. The van der Waals surface area contributed by atoms with Gasteiger partial charge in [-0.1, -0.05) is 18.2 Å². The fraction of sp³-hybridized carbons (Fsp3) is 0.333. The van der Waals surface area contributed by atoms with Gasteiger partial charge in [-0.3, -0.25) is 19.1 Å². The molecule has 0 radical (unpaired) electrons. The molecule has 3 aromatic rings. The van der Waals surface area contributed by atoms with Crippen molar-refractivity contribution in [1.82, 2.24) is 19.1 Å². The number of carboxylic acids is 1. The molecule has 1 atom stereocenters. The van der Waals surface area contributed by atoms with Crippen LogP contribution in [0, 0.1) is 6.92 Å². The van der Waals surface area contributed by atoms with Crippen LogP contribution in [0.1, 0.15) is 5.56 Å². The van der Waals surface area contributed by atoms with Crippen molar-refractivity contribution in [2.75, 3.05) is 18.5 Å². The van der Waals surface area contributed by atoms with Crippen molar-refractivity contribution in [2.24, 2.45) is 7.05 Å². The van der Waals surface area contributed by atoms with Crippen LogP contribution in [-0.2, 0) is 18.4 Å². The lowest BCUT2D eigenvalue weighted by atomic mass is 10.2. The number of aromatic nitrogens is 4. The van der Waals surface area contributed by atoms with Crippen molar-refractivity contribution in [3.63, 3.8) is 0 Å². The summed E-state index contributed by atoms with van der Waals surface area (Å²) in [4.78, 5) is 41.4. The van der Waals surface area contributed by atoms with E-state index in [9.17, 15) is 19.5 Å². The van der Waals surface area contributed by atoms with Gasteiger partial charge in [0.1, 0.15) is 25.0 Å². The number of H-pyrrole nitrogens is 1. The van der Waals surface area contributed by atoms with Crippen molar-refractivity contribution >= 4 is 23.1 Å². The second-order valence-electron chi connectivity index (χ2n) is 6.51. The molecule has 0 unspecified atom stereocenters. The van der Waals surface area contributed by atoms with E-state index < -0.39 is 29.9 Å². The molecule has 11 nitrogen and oxygen atoms in total. The predicted molar refractivity (Wildman–Crippen MR) is 104 cm³/mol. The standard InChI is InChI=1S/C18H21N5O6/c1-10-5-3-4-6-12(10)29-9-11(24)8-23-14-15(20-17(23)19-7-13(25)26)22(2)18(28)21-16(14)27/h3-6,11,24H,7-9H2,1-2H3,(H,19,20)(H,25,26)(H,21,27,28)/t11-/m0/s1. The summed E-state index contributed by atoms with van der Waals surface area (Å²) in [7, 11) is 1.43. The van der Waals surface area contributed by atoms with Gasteiger partial charge in [0.05, 0.1) is 6.54 Å². The number of para-hydroxylation sites is 1. The number of nitrogens with one attached hydrogen (secondary N) is 2. The van der Waals surface area contributed by atoms with E-state index in [4.69, 9.17) is 9.84 Å². The van der Waals surface area contributed by atoms with Crippen LogP contribution >= 0.6 is 0 Å². The first kappa shape index (κ1) is 20.1. The third kappa shape index (κ3) is 4.29. The third-order valence-corrected chi connectivity index (χ3v) is 4.32. The van der Waals surface area contributed by atoms with Crippen molar-refractivity contribution in [3.05, 3.63) is 50.7 Å². The normalized spacial score (nSPS) is 12.1. The van der Waals surface area contributed by atoms with Crippen LogP contribution in [0.5, 0.6) is 5.75 Å². The quantitative estimate of drug-likeness (QED) is 0.399. The Morgan fingerprint density at radius 3 is 2.76 bits per heavy atom. The van der Waals surface area contributed by atoms with Crippen LogP contribution in [-0.4, -0.2) is 54.5 Å². The fourth-order valence-electron chi connectivity index (χ4n) is 2.87. The van der Waals surface area contributed by atoms with Gasteiger partial charge in [0.2, 0.25) is 5.95 Å². The summed E-state index contributed by atoms with van der Waals surface area (Å²) >= 11 is 0. The third-order valence-electron chi connectivity index (χ3n) is 4.32. The van der Waals surface area contributed by atoms with E-state index in [2.05, 4.69) is 15.3 Å². The number of aryl methyl sites for hydroxylation is 2. The molecule has 0 aliphatic rings. The average molecular weight is 403 g/mol. The van der Waals surface area contributed by atoms with Crippen LogP contribution in [0.15, 0.2) is 33.9 Å². The Labute approximate surface area is 164 Å². The van der Waals surface area contributed by atoms with Crippen LogP contribution < -0.4 is 21.3 Å². The highest BCUT2D eigenvalue weighted by atomic mass is 16.5. The number of aromatic amines is 1. The Kier molecular flexibility index (Phi) is 5.69. The van der Waals surface area contributed by atoms with Gasteiger partial charge in [-0.2, -0.15) is 4.98 Å². The molecule has 2 aromatic heterocycles. The second-order valence-corrected chi connectivity index (χ2v) is 6.51. The molecule has 154 valence electrons. The maximum Gasteiger partial charge on any atom is 0.329 e. The highest BCUT2D eigenvalue weighted by molar-refractivity contribution is 5.76. The molecule has 1 aromatic carbocycles. The topological polar surface area (TPSA) is 151 Å². The summed E-state index contributed by atoms with van der Waals surface area (Å²) in [6, 6.07) is 7.33. The van der Waals surface area contributed by atoms with Gasteiger partial charge < -0.3 is 24.8 Å². The minimum Gasteiger partial charge on any atom is -0.491 e. The summed E-state index contributed by atoms with van der Waals surface area (Å²) < 4.78 is 8.10. The predicted octanol–water partition coefficient (Wildman–Crippen LogP) is -0.332. The van der Waals surface area contributed by atoms with Gasteiger partial charge in [-0.25, -0.2) is 4.79 Å². The van der Waals surface area contributed by atoms with E-state index in [0.29, 0.717) is 5.75 Å². The molecule has 0 aliphatic carbocycles. The van der Waals surface area contributed by atoms with E-state index in [-0.39, 0.29) is 30.3 Å². The number of hydrogen-bond donors (Lipinski definition) is 4. The zero-order valence-electron chi connectivity index (χ0n) is 15.9. The first-order valence-electron chi connectivity index (χ1n) is 8.79. The van der Waals surface area contributed by atoms with Crippen molar-refractivity contribution in [1.29, 1.82) is 0 Å². The van der Waals surface area contributed by atoms with Crippen molar-refractivity contribution < 1.29 is 19.7 Å². The number of benzene rings is 1. The van der Waals surface area contributed by atoms with E-state index in [1.54, 1.807) is 6.07 Å². The number of nitrogens with zero attached hydrogens (tertiary/aromatic N) is 3. The van der Waals surface area contributed by atoms with E-state index >= 15 is 0 Å². The second kappa shape index (κ2) is 8.19. The number of hydrogen-bond acceptors (Lipinski definition) is 7. The Morgan fingerprint density at radius 2 is 2.07 bits per heavy atom. The fourth-order valence-corrected chi connectivity index (χ4v) is 2.87. The number of fused-ring (bicyclic) bond motifs is 1. The Hall–Kier alpha value is -3.60. The zero-order chi connectivity index (χ0) is 21.1. The molecular weight excluding hydrogens is 382 g/mol. The molecule has 0 saturated heterocycles. The number of carboxylic acid groups (broad SMARTS) is 1. The molecule has 0 saturated carbocycles. The first-order chi connectivity index (χ1) is 13.8. The number of anilines is 1. The minimum absolute atomic E-state index is 0.0370. The number of aliphatic hydroxyl groups is 1. The Morgan fingerprint density at radius 1 is 1.34 bits per heavy atom. The molecule has 0 bridgehead atoms. The number of imidazole rings is 1. The highest BCUT2D eigenvalue weighted by Crippen LogP contribution is 2.18. The van der Waals surface area contributed by atoms with Gasteiger partial charge >= 0.3 is 11.7 Å². The summed E-state index contributed by atoms with van der Waals surface area (Å²) in [6.07, 6.45) is -1.03. The molecular formula is C18H21N5O6. The zero-order valence-corrected chi connectivity index (χ0v) is 15.9. The maximum absolute atomic E-state index is 12.3. The number of aliphatic hydroxyl groups excluding tert-OH is 1. The molecule has 0 spiro atoms. The van der Waals surface area contributed by atoms with Gasteiger partial charge in [0, 0.05) is 7.05 Å². The lowest BCUT2D eigenvalue weighted by molar-refractivity contribution is -0.134. The Bertz CT molecular complexity index is 1160. The average Bonchev–Trinajstić information content (AvgIpc) is 3.03. The maximum atomic E-state index is 12.3. The molecule has 29 heavy (non-hydrogen) atoms. The molecule has 11 heteroatoms. The van der Waals surface area contributed by atoms with Gasteiger partial charge in [0.15, 0.2) is 11.2 Å².